The van der Waals surface area contributed by atoms with E-state index < -0.39 is 11.3 Å². The van der Waals surface area contributed by atoms with Gasteiger partial charge in [-0.1, -0.05) is 44.0 Å². The van der Waals surface area contributed by atoms with Crippen LogP contribution in [-0.4, -0.2) is 18.1 Å². The van der Waals surface area contributed by atoms with E-state index in [9.17, 15) is 9.90 Å². The molecule has 0 radical (unpaired) electrons. The first-order valence-corrected chi connectivity index (χ1v) is 6.95. The average molecular weight is 330 g/mol. The zero-order valence-corrected chi connectivity index (χ0v) is 13.7. The minimum atomic E-state index is -0.626. The number of hydrogen-bond acceptors (Lipinski definition) is 4. The summed E-state index contributed by atoms with van der Waals surface area (Å²) in [5.74, 6) is -0.670. The molecule has 2 N–H and O–H groups in total. The first kappa shape index (κ1) is 17.5. The molecule has 1 aromatic rings. The second kappa shape index (κ2) is 6.91. The third-order valence-corrected chi connectivity index (χ3v) is 3.28. The standard InChI is InChI=1S/C14H17Cl2N3O2/c1-14(2,3)12(20)11(13(21)17-4)19-18-8-5-6-9(15)10(16)7-8/h5-7,20H,1-4H3,(H,17,21)/b12-11+,19-18?. The number of aliphatic hydroxyl groups is 1. The lowest BCUT2D eigenvalue weighted by molar-refractivity contribution is -0.117. The number of benzene rings is 1. The lowest BCUT2D eigenvalue weighted by atomic mass is 9.92. The Kier molecular flexibility index (Phi) is 5.75. The summed E-state index contributed by atoms with van der Waals surface area (Å²) in [5, 5.41) is 21.0. The van der Waals surface area contributed by atoms with Gasteiger partial charge in [0.25, 0.3) is 5.91 Å². The molecule has 1 aromatic carbocycles. The minimum Gasteiger partial charge on any atom is -0.509 e. The van der Waals surface area contributed by atoms with Gasteiger partial charge in [-0.3, -0.25) is 4.79 Å². The van der Waals surface area contributed by atoms with E-state index in [1.807, 2.05) is 0 Å². The second-order valence-electron chi connectivity index (χ2n) is 5.32. The van der Waals surface area contributed by atoms with Gasteiger partial charge in [0.15, 0.2) is 5.70 Å². The lowest BCUT2D eigenvalue weighted by Gasteiger charge is -2.18. The molecule has 1 rings (SSSR count). The highest BCUT2D eigenvalue weighted by Crippen LogP contribution is 2.29. The van der Waals surface area contributed by atoms with Crippen molar-refractivity contribution in [2.24, 2.45) is 15.6 Å². The van der Waals surface area contributed by atoms with Crippen molar-refractivity contribution < 1.29 is 9.90 Å². The van der Waals surface area contributed by atoms with Gasteiger partial charge in [-0.05, 0) is 18.2 Å². The fraction of sp³-hybridized carbons (Fsp3) is 0.357. The number of nitrogens with one attached hydrogen (secondary N) is 1. The number of hydrogen-bond donors (Lipinski definition) is 2. The van der Waals surface area contributed by atoms with E-state index in [2.05, 4.69) is 15.5 Å². The Bertz CT molecular complexity index is 605. The van der Waals surface area contributed by atoms with Crippen LogP contribution >= 0.6 is 23.2 Å². The number of aliphatic hydroxyl groups excluding tert-OH is 1. The van der Waals surface area contributed by atoms with Crippen LogP contribution in [0, 0.1) is 5.41 Å². The van der Waals surface area contributed by atoms with E-state index >= 15 is 0 Å². The highest BCUT2D eigenvalue weighted by Gasteiger charge is 2.24. The highest BCUT2D eigenvalue weighted by molar-refractivity contribution is 6.42. The summed E-state index contributed by atoms with van der Waals surface area (Å²) in [7, 11) is 1.45. The zero-order valence-electron chi connectivity index (χ0n) is 12.2. The maximum atomic E-state index is 11.8. The molecule has 0 atom stereocenters. The first-order chi connectivity index (χ1) is 9.66. The molecule has 7 heteroatoms. The van der Waals surface area contributed by atoms with Crippen molar-refractivity contribution in [3.05, 3.63) is 39.7 Å². The molecule has 0 aliphatic heterocycles. The number of likely N-dealkylation sites (N-methyl/N-ethyl adjacent to an activating group) is 1. The largest absolute Gasteiger partial charge is 0.509 e. The normalized spacial score (nSPS) is 13.2. The van der Waals surface area contributed by atoms with Crippen LogP contribution in [0.1, 0.15) is 20.8 Å². The predicted octanol–water partition coefficient (Wildman–Crippen LogP) is 4.64. The fourth-order valence-electron chi connectivity index (χ4n) is 1.33. The molecule has 0 saturated heterocycles. The molecule has 0 unspecified atom stereocenters. The SMILES string of the molecule is CNC(=O)/C(N=Nc1ccc(Cl)c(Cl)c1)=C(\O)C(C)(C)C. The van der Waals surface area contributed by atoms with Crippen LogP contribution in [-0.2, 0) is 4.79 Å². The van der Waals surface area contributed by atoms with E-state index in [1.165, 1.54) is 13.1 Å². The van der Waals surface area contributed by atoms with Gasteiger partial charge in [-0.25, -0.2) is 0 Å². The molecule has 21 heavy (non-hydrogen) atoms. The van der Waals surface area contributed by atoms with Crippen LogP contribution in [0.5, 0.6) is 0 Å². The number of carbonyl (C=O) groups is 1. The molecule has 0 bridgehead atoms. The van der Waals surface area contributed by atoms with E-state index in [4.69, 9.17) is 23.2 Å². The van der Waals surface area contributed by atoms with Crippen molar-refractivity contribution >= 4 is 34.8 Å². The number of azo groups is 1. The van der Waals surface area contributed by atoms with Crippen LogP contribution in [0.15, 0.2) is 39.9 Å². The number of halogens is 2. The summed E-state index contributed by atoms with van der Waals surface area (Å²) in [4.78, 5) is 11.8. The smallest absolute Gasteiger partial charge is 0.275 e. The Balaban J connectivity index is 3.21. The van der Waals surface area contributed by atoms with Crippen LogP contribution in [0.25, 0.3) is 0 Å². The number of nitrogens with zero attached hydrogens (tertiary/aromatic N) is 2. The van der Waals surface area contributed by atoms with E-state index in [0.717, 1.165) is 0 Å². The predicted molar refractivity (Wildman–Crippen MR) is 84.2 cm³/mol. The topological polar surface area (TPSA) is 74.0 Å². The summed E-state index contributed by atoms with van der Waals surface area (Å²) in [5.41, 5.74) is -0.345. The minimum absolute atomic E-state index is 0.143. The fourth-order valence-corrected chi connectivity index (χ4v) is 1.62. The highest BCUT2D eigenvalue weighted by atomic mass is 35.5. The third-order valence-electron chi connectivity index (χ3n) is 2.55. The van der Waals surface area contributed by atoms with Crippen LogP contribution in [0.2, 0.25) is 10.0 Å². The molecule has 0 aromatic heterocycles. The molecule has 0 heterocycles. The Morgan fingerprint density at radius 2 is 1.86 bits per heavy atom. The van der Waals surface area contributed by atoms with Gasteiger partial charge >= 0.3 is 0 Å². The average Bonchev–Trinajstić information content (AvgIpc) is 2.41. The summed E-state index contributed by atoms with van der Waals surface area (Å²) in [6.07, 6.45) is 0. The molecule has 0 fully saturated rings. The van der Waals surface area contributed by atoms with Crippen molar-refractivity contribution in [3.63, 3.8) is 0 Å². The molecule has 114 valence electrons. The van der Waals surface area contributed by atoms with Crippen molar-refractivity contribution in [2.45, 2.75) is 20.8 Å². The van der Waals surface area contributed by atoms with Crippen LogP contribution in [0.4, 0.5) is 5.69 Å². The van der Waals surface area contributed by atoms with Crippen molar-refractivity contribution in [2.75, 3.05) is 7.05 Å². The third kappa shape index (κ3) is 4.72. The first-order valence-electron chi connectivity index (χ1n) is 6.19. The Morgan fingerprint density at radius 1 is 1.24 bits per heavy atom. The van der Waals surface area contributed by atoms with Crippen molar-refractivity contribution in [1.82, 2.24) is 5.32 Å². The Hall–Kier alpha value is -1.59. The summed E-state index contributed by atoms with van der Waals surface area (Å²) >= 11 is 11.7. The van der Waals surface area contributed by atoms with Gasteiger partial charge in [0.1, 0.15) is 5.76 Å². The molecule has 0 aliphatic rings. The number of amides is 1. The maximum absolute atomic E-state index is 11.8. The van der Waals surface area contributed by atoms with E-state index in [1.54, 1.807) is 32.9 Å². The number of rotatable bonds is 3. The van der Waals surface area contributed by atoms with Gasteiger partial charge in [-0.15, -0.1) is 5.11 Å². The molecular weight excluding hydrogens is 313 g/mol. The van der Waals surface area contributed by atoms with E-state index in [-0.39, 0.29) is 11.5 Å². The zero-order chi connectivity index (χ0) is 16.2. The van der Waals surface area contributed by atoms with Gasteiger partial charge in [0, 0.05) is 12.5 Å². The Morgan fingerprint density at radius 3 is 2.33 bits per heavy atom. The molecule has 0 saturated carbocycles. The number of carbonyl (C=O) groups excluding carboxylic acids is 1. The summed E-state index contributed by atoms with van der Waals surface area (Å²) in [6, 6.07) is 4.70. The molecule has 5 nitrogen and oxygen atoms in total. The van der Waals surface area contributed by atoms with Crippen LogP contribution < -0.4 is 5.32 Å². The quantitative estimate of drug-likeness (QED) is 0.481. The summed E-state index contributed by atoms with van der Waals surface area (Å²) in [6.45, 7) is 5.29. The van der Waals surface area contributed by atoms with Crippen LogP contribution in [0.3, 0.4) is 0 Å². The van der Waals surface area contributed by atoms with Gasteiger partial charge < -0.3 is 10.4 Å². The molecule has 1 amide bonds. The molecule has 0 aliphatic carbocycles. The molecular formula is C14H17Cl2N3O2. The van der Waals surface area contributed by atoms with Gasteiger partial charge in [0.2, 0.25) is 0 Å². The lowest BCUT2D eigenvalue weighted by Crippen LogP contribution is -2.23. The van der Waals surface area contributed by atoms with Gasteiger partial charge in [0.05, 0.1) is 15.7 Å². The monoisotopic (exact) mass is 329 g/mol. The Labute approximate surface area is 133 Å². The summed E-state index contributed by atoms with van der Waals surface area (Å²) < 4.78 is 0. The molecule has 0 spiro atoms. The van der Waals surface area contributed by atoms with Gasteiger partial charge in [-0.2, -0.15) is 5.11 Å². The number of allylic oxidation sites excluding steroid dienone is 1. The van der Waals surface area contributed by atoms with Crippen molar-refractivity contribution in [1.29, 1.82) is 0 Å². The van der Waals surface area contributed by atoms with E-state index in [0.29, 0.717) is 15.7 Å². The van der Waals surface area contributed by atoms with Crippen molar-refractivity contribution in [3.8, 4) is 0 Å². The maximum Gasteiger partial charge on any atom is 0.275 e. The second-order valence-corrected chi connectivity index (χ2v) is 6.14.